The molecule has 4 aromatic rings. The van der Waals surface area contributed by atoms with Crippen LogP contribution in [0.4, 0.5) is 11.4 Å². The van der Waals surface area contributed by atoms with Crippen molar-refractivity contribution in [1.29, 1.82) is 0 Å². The average molecular weight is 412 g/mol. The molecule has 1 aliphatic rings. The molecule has 0 bridgehead atoms. The number of rotatable bonds is 5. The molecule has 0 spiro atoms. The number of ether oxygens (including phenoxy) is 1. The summed E-state index contributed by atoms with van der Waals surface area (Å²) in [6.07, 6.45) is 2.92. The number of anilines is 2. The lowest BCUT2D eigenvalue weighted by Crippen LogP contribution is -2.21. The molecule has 5 rings (SSSR count). The summed E-state index contributed by atoms with van der Waals surface area (Å²) >= 11 is 0. The van der Waals surface area contributed by atoms with Crippen LogP contribution in [0.2, 0.25) is 0 Å². The highest BCUT2D eigenvalue weighted by Gasteiger charge is 2.15. The van der Waals surface area contributed by atoms with Gasteiger partial charge in [0.2, 0.25) is 5.91 Å². The maximum atomic E-state index is 12.3. The van der Waals surface area contributed by atoms with E-state index in [1.54, 1.807) is 18.5 Å². The molecule has 31 heavy (non-hydrogen) atoms. The van der Waals surface area contributed by atoms with Crippen LogP contribution in [0.15, 0.2) is 73.1 Å². The fourth-order valence-corrected chi connectivity index (χ4v) is 3.67. The summed E-state index contributed by atoms with van der Waals surface area (Å²) in [6.45, 7) is -0.0982. The Kier molecular flexibility index (Phi) is 4.84. The zero-order chi connectivity index (χ0) is 21.2. The molecule has 0 radical (unpaired) electrons. The van der Waals surface area contributed by atoms with E-state index in [0.717, 1.165) is 28.0 Å². The Hall–Kier alpha value is -4.13. The van der Waals surface area contributed by atoms with Gasteiger partial charge in [0.05, 0.1) is 11.0 Å². The Bertz CT molecular complexity index is 1280. The van der Waals surface area contributed by atoms with Gasteiger partial charge in [0, 0.05) is 23.5 Å². The molecule has 3 aromatic carbocycles. The Morgan fingerprint density at radius 3 is 2.77 bits per heavy atom. The highest BCUT2D eigenvalue weighted by Crippen LogP contribution is 2.27. The second-order valence-corrected chi connectivity index (χ2v) is 7.35. The zero-order valence-corrected chi connectivity index (χ0v) is 16.7. The van der Waals surface area contributed by atoms with Crippen molar-refractivity contribution < 1.29 is 14.3 Å². The number of nitrogens with one attached hydrogen (secondary N) is 2. The average Bonchev–Trinajstić information content (AvgIpc) is 3.22. The minimum absolute atomic E-state index is 0.0211. The molecule has 2 N–H and O–H groups in total. The van der Waals surface area contributed by atoms with E-state index in [4.69, 9.17) is 4.74 Å². The number of carbonyl (C=O) groups excluding carboxylic acids is 2. The molecule has 2 amide bonds. The summed E-state index contributed by atoms with van der Waals surface area (Å²) in [6, 6.07) is 20.9. The zero-order valence-electron chi connectivity index (χ0n) is 16.7. The number of hydrogen-bond donors (Lipinski definition) is 2. The van der Waals surface area contributed by atoms with Gasteiger partial charge in [-0.3, -0.25) is 14.2 Å². The number of aromatic nitrogens is 2. The number of fused-ring (bicyclic) bond motifs is 2. The van der Waals surface area contributed by atoms with E-state index in [2.05, 4.69) is 15.6 Å². The summed E-state index contributed by atoms with van der Waals surface area (Å²) in [4.78, 5) is 28.1. The van der Waals surface area contributed by atoms with Gasteiger partial charge in [-0.2, -0.15) is 0 Å². The molecule has 0 aliphatic carbocycles. The molecule has 0 saturated heterocycles. The molecular formula is C24H20N4O3. The van der Waals surface area contributed by atoms with Crippen LogP contribution in [0.3, 0.4) is 0 Å². The van der Waals surface area contributed by atoms with Gasteiger partial charge in [0.15, 0.2) is 6.61 Å². The van der Waals surface area contributed by atoms with Crippen molar-refractivity contribution in [2.24, 2.45) is 0 Å². The van der Waals surface area contributed by atoms with Crippen molar-refractivity contribution in [3.63, 3.8) is 0 Å². The maximum absolute atomic E-state index is 12.3. The monoisotopic (exact) mass is 412 g/mol. The third-order valence-electron chi connectivity index (χ3n) is 5.22. The number of amides is 2. The molecule has 7 heteroatoms. The summed E-state index contributed by atoms with van der Waals surface area (Å²) in [5, 5.41) is 5.67. The van der Waals surface area contributed by atoms with Crippen LogP contribution < -0.4 is 15.4 Å². The van der Waals surface area contributed by atoms with Gasteiger partial charge < -0.3 is 15.4 Å². The highest BCUT2D eigenvalue weighted by molar-refractivity contribution is 5.94. The fourth-order valence-electron chi connectivity index (χ4n) is 3.67. The molecule has 0 saturated carbocycles. The van der Waals surface area contributed by atoms with Gasteiger partial charge in [-0.25, -0.2) is 4.98 Å². The number of imidazole rings is 1. The molecular weight excluding hydrogens is 392 g/mol. The van der Waals surface area contributed by atoms with Crippen molar-refractivity contribution in [2.45, 2.75) is 12.8 Å². The van der Waals surface area contributed by atoms with Crippen molar-refractivity contribution in [3.8, 4) is 11.4 Å². The van der Waals surface area contributed by atoms with E-state index in [0.29, 0.717) is 24.3 Å². The van der Waals surface area contributed by atoms with Crippen LogP contribution in [0.5, 0.6) is 5.75 Å². The largest absolute Gasteiger partial charge is 0.484 e. The van der Waals surface area contributed by atoms with Crippen molar-refractivity contribution in [3.05, 3.63) is 78.6 Å². The normalized spacial score (nSPS) is 12.8. The minimum atomic E-state index is -0.244. The number of hydrogen-bond acceptors (Lipinski definition) is 4. The van der Waals surface area contributed by atoms with Crippen LogP contribution in [-0.4, -0.2) is 28.0 Å². The molecule has 0 fully saturated rings. The molecule has 1 aliphatic heterocycles. The Balaban J connectivity index is 1.21. The van der Waals surface area contributed by atoms with Gasteiger partial charge >= 0.3 is 0 Å². The lowest BCUT2D eigenvalue weighted by Gasteiger charge is -2.17. The summed E-state index contributed by atoms with van der Waals surface area (Å²) in [5.41, 5.74) is 5.43. The minimum Gasteiger partial charge on any atom is -0.484 e. The Morgan fingerprint density at radius 1 is 1.06 bits per heavy atom. The third-order valence-corrected chi connectivity index (χ3v) is 5.22. The van der Waals surface area contributed by atoms with E-state index >= 15 is 0 Å². The highest BCUT2D eigenvalue weighted by atomic mass is 16.5. The standard InChI is InChI=1S/C24H20N4O3/c29-23-12-5-16-13-19(10-11-20(16)27-23)31-14-24(30)26-17-6-8-18(9-7-17)28-15-25-21-3-1-2-4-22(21)28/h1-4,6-11,13,15H,5,12,14H2,(H,26,30)(H,27,29). The molecule has 0 atom stereocenters. The summed E-state index contributed by atoms with van der Waals surface area (Å²) < 4.78 is 7.63. The molecule has 154 valence electrons. The van der Waals surface area contributed by atoms with Gasteiger partial charge in [-0.1, -0.05) is 12.1 Å². The maximum Gasteiger partial charge on any atom is 0.262 e. The van der Waals surface area contributed by atoms with Gasteiger partial charge in [-0.15, -0.1) is 0 Å². The summed E-state index contributed by atoms with van der Waals surface area (Å²) in [7, 11) is 0. The smallest absolute Gasteiger partial charge is 0.262 e. The number of para-hydroxylation sites is 2. The van der Waals surface area contributed by atoms with Crippen molar-refractivity contribution in [1.82, 2.24) is 9.55 Å². The quantitative estimate of drug-likeness (QED) is 0.520. The Labute approximate surface area is 178 Å². The van der Waals surface area contributed by atoms with E-state index in [9.17, 15) is 9.59 Å². The lowest BCUT2D eigenvalue weighted by molar-refractivity contribution is -0.118. The predicted molar refractivity (Wildman–Crippen MR) is 119 cm³/mol. The predicted octanol–water partition coefficient (Wildman–Crippen LogP) is 3.93. The number of aryl methyl sites for hydroxylation is 1. The van der Waals surface area contributed by atoms with Crippen LogP contribution in [-0.2, 0) is 16.0 Å². The van der Waals surface area contributed by atoms with Crippen LogP contribution in [0.1, 0.15) is 12.0 Å². The van der Waals surface area contributed by atoms with E-state index in [1.807, 2.05) is 59.2 Å². The first-order valence-corrected chi connectivity index (χ1v) is 10.0. The fraction of sp³-hybridized carbons (Fsp3) is 0.125. The SMILES string of the molecule is O=C(COc1ccc2c(c1)CCC(=O)N2)Nc1ccc(-n2cnc3ccccc32)cc1. The van der Waals surface area contributed by atoms with Crippen LogP contribution in [0.25, 0.3) is 16.7 Å². The number of nitrogens with zero attached hydrogens (tertiary/aromatic N) is 2. The first-order valence-electron chi connectivity index (χ1n) is 10.0. The molecule has 0 unspecified atom stereocenters. The van der Waals surface area contributed by atoms with Crippen molar-refractivity contribution >= 4 is 34.2 Å². The number of carbonyl (C=O) groups is 2. The van der Waals surface area contributed by atoms with Crippen LogP contribution >= 0.6 is 0 Å². The third kappa shape index (κ3) is 3.98. The van der Waals surface area contributed by atoms with Crippen molar-refractivity contribution in [2.75, 3.05) is 17.2 Å². The topological polar surface area (TPSA) is 85.3 Å². The molecule has 2 heterocycles. The van der Waals surface area contributed by atoms with E-state index < -0.39 is 0 Å². The van der Waals surface area contributed by atoms with Gasteiger partial charge in [-0.05, 0) is 66.6 Å². The molecule has 1 aromatic heterocycles. The number of benzene rings is 3. The van der Waals surface area contributed by atoms with Crippen LogP contribution in [0, 0.1) is 0 Å². The second-order valence-electron chi connectivity index (χ2n) is 7.35. The van der Waals surface area contributed by atoms with Gasteiger partial charge in [0.1, 0.15) is 12.1 Å². The van der Waals surface area contributed by atoms with Gasteiger partial charge in [0.25, 0.3) is 5.91 Å². The summed E-state index contributed by atoms with van der Waals surface area (Å²) in [5.74, 6) is 0.382. The van der Waals surface area contributed by atoms with E-state index in [-0.39, 0.29) is 18.4 Å². The first-order chi connectivity index (χ1) is 15.2. The lowest BCUT2D eigenvalue weighted by atomic mass is 10.0. The van der Waals surface area contributed by atoms with E-state index in [1.165, 1.54) is 0 Å². The molecule has 7 nitrogen and oxygen atoms in total. The second kappa shape index (κ2) is 7.95. The Morgan fingerprint density at radius 2 is 1.90 bits per heavy atom. The first kappa shape index (κ1) is 18.9.